The van der Waals surface area contributed by atoms with Crippen LogP contribution >= 0.6 is 0 Å². The minimum absolute atomic E-state index is 0.190. The van der Waals surface area contributed by atoms with Gasteiger partial charge >= 0.3 is 0 Å². The fourth-order valence-electron chi connectivity index (χ4n) is 2.78. The van der Waals surface area contributed by atoms with Crippen LogP contribution in [0.2, 0.25) is 0 Å². The van der Waals surface area contributed by atoms with Crippen LogP contribution in [0.15, 0.2) is 24.3 Å². The van der Waals surface area contributed by atoms with Gasteiger partial charge in [-0.15, -0.1) is 0 Å². The molecule has 1 aliphatic rings. The molecule has 1 atom stereocenters. The van der Waals surface area contributed by atoms with Crippen molar-refractivity contribution in [3.05, 3.63) is 29.8 Å². The third-order valence-electron chi connectivity index (χ3n) is 3.86. The molecule has 2 nitrogen and oxygen atoms in total. The fraction of sp³-hybridized carbons (Fsp3) is 0.625. The van der Waals surface area contributed by atoms with Crippen LogP contribution in [0, 0.1) is 12.8 Å². The predicted octanol–water partition coefficient (Wildman–Crippen LogP) is 3.21. The predicted molar refractivity (Wildman–Crippen MR) is 79.2 cm³/mol. The van der Waals surface area contributed by atoms with E-state index in [4.69, 9.17) is 0 Å². The molecule has 1 aromatic carbocycles. The van der Waals surface area contributed by atoms with Gasteiger partial charge in [0, 0.05) is 30.4 Å². The van der Waals surface area contributed by atoms with Crippen LogP contribution in [0.25, 0.3) is 0 Å². The Hall–Kier alpha value is -1.02. The first-order chi connectivity index (χ1) is 8.39. The molecule has 1 saturated heterocycles. The summed E-state index contributed by atoms with van der Waals surface area (Å²) in [6.07, 6.45) is 0. The second-order valence-corrected chi connectivity index (χ2v) is 6.54. The van der Waals surface area contributed by atoms with Crippen LogP contribution in [0.5, 0.6) is 0 Å². The van der Waals surface area contributed by atoms with E-state index in [-0.39, 0.29) is 5.54 Å². The van der Waals surface area contributed by atoms with Crippen molar-refractivity contribution < 1.29 is 0 Å². The molecule has 100 valence electrons. The van der Waals surface area contributed by atoms with E-state index in [2.05, 4.69) is 69.1 Å². The normalized spacial score (nSPS) is 23.4. The highest BCUT2D eigenvalue weighted by Crippen LogP contribution is 2.27. The number of benzene rings is 1. The van der Waals surface area contributed by atoms with E-state index in [0.717, 1.165) is 13.1 Å². The number of rotatable bonds is 2. The summed E-state index contributed by atoms with van der Waals surface area (Å²) in [5.74, 6) is 0.661. The van der Waals surface area contributed by atoms with Crippen molar-refractivity contribution in [2.24, 2.45) is 5.92 Å². The zero-order valence-electron chi connectivity index (χ0n) is 12.3. The van der Waals surface area contributed by atoms with Gasteiger partial charge in [-0.05, 0) is 44.4 Å². The van der Waals surface area contributed by atoms with Crippen molar-refractivity contribution in [3.63, 3.8) is 0 Å². The van der Waals surface area contributed by atoms with Crippen LogP contribution in [0.4, 0.5) is 5.69 Å². The Morgan fingerprint density at radius 1 is 1.33 bits per heavy atom. The number of nitrogens with zero attached hydrogens (tertiary/aromatic N) is 1. The van der Waals surface area contributed by atoms with Gasteiger partial charge in [0.25, 0.3) is 0 Å². The highest BCUT2D eigenvalue weighted by molar-refractivity contribution is 5.50. The molecule has 0 saturated carbocycles. The topological polar surface area (TPSA) is 15.3 Å². The van der Waals surface area contributed by atoms with Gasteiger partial charge in [-0.3, -0.25) is 0 Å². The van der Waals surface area contributed by atoms with E-state index in [1.807, 2.05) is 0 Å². The van der Waals surface area contributed by atoms with E-state index in [1.54, 1.807) is 0 Å². The maximum atomic E-state index is 3.66. The van der Waals surface area contributed by atoms with E-state index >= 15 is 0 Å². The van der Waals surface area contributed by atoms with E-state index in [1.165, 1.54) is 11.3 Å². The maximum absolute atomic E-state index is 3.66. The van der Waals surface area contributed by atoms with Gasteiger partial charge in [0.1, 0.15) is 0 Å². The first kappa shape index (κ1) is 13.4. The maximum Gasteiger partial charge on any atom is 0.0438 e. The average Bonchev–Trinajstić information content (AvgIpc) is 2.27. The molecule has 1 unspecified atom stereocenters. The van der Waals surface area contributed by atoms with Gasteiger partial charge in [-0.25, -0.2) is 0 Å². The number of hydrogen-bond donors (Lipinski definition) is 1. The monoisotopic (exact) mass is 246 g/mol. The Balaban J connectivity index is 2.30. The molecule has 0 spiro atoms. The second kappa shape index (κ2) is 4.93. The summed E-state index contributed by atoms with van der Waals surface area (Å²) >= 11 is 0. The Morgan fingerprint density at radius 2 is 2.06 bits per heavy atom. The van der Waals surface area contributed by atoms with Crippen LogP contribution in [0.3, 0.4) is 0 Å². The van der Waals surface area contributed by atoms with E-state index in [9.17, 15) is 0 Å². The standard InChI is InChI=1S/C16H26N2/c1-12(2)15-10-17-16(4,5)11-18(15)14-8-6-7-13(3)9-14/h6-9,12,15,17H,10-11H2,1-5H3. The molecule has 0 bridgehead atoms. The fourth-order valence-corrected chi connectivity index (χ4v) is 2.78. The third kappa shape index (κ3) is 2.86. The Morgan fingerprint density at radius 3 is 2.67 bits per heavy atom. The van der Waals surface area contributed by atoms with Crippen molar-refractivity contribution in [1.29, 1.82) is 0 Å². The van der Waals surface area contributed by atoms with Crippen LogP contribution in [-0.4, -0.2) is 24.7 Å². The van der Waals surface area contributed by atoms with Crippen LogP contribution in [0.1, 0.15) is 33.3 Å². The van der Waals surface area contributed by atoms with E-state index < -0.39 is 0 Å². The van der Waals surface area contributed by atoms with Crippen molar-refractivity contribution in [3.8, 4) is 0 Å². The molecular formula is C16H26N2. The lowest BCUT2D eigenvalue weighted by Crippen LogP contribution is -2.63. The van der Waals surface area contributed by atoms with Crippen molar-refractivity contribution in [2.75, 3.05) is 18.0 Å². The zero-order chi connectivity index (χ0) is 13.3. The highest BCUT2D eigenvalue weighted by atomic mass is 15.3. The molecule has 1 aliphatic heterocycles. The minimum atomic E-state index is 0.190. The van der Waals surface area contributed by atoms with Gasteiger partial charge in [0.05, 0.1) is 0 Å². The summed E-state index contributed by atoms with van der Waals surface area (Å²) in [6, 6.07) is 9.46. The zero-order valence-corrected chi connectivity index (χ0v) is 12.3. The summed E-state index contributed by atoms with van der Waals surface area (Å²) < 4.78 is 0. The Kier molecular flexibility index (Phi) is 3.67. The number of anilines is 1. The van der Waals surface area contributed by atoms with Gasteiger partial charge in [0.15, 0.2) is 0 Å². The molecule has 1 aromatic rings. The van der Waals surface area contributed by atoms with Gasteiger partial charge in [-0.1, -0.05) is 26.0 Å². The minimum Gasteiger partial charge on any atom is -0.365 e. The number of nitrogens with one attached hydrogen (secondary N) is 1. The first-order valence-electron chi connectivity index (χ1n) is 6.97. The van der Waals surface area contributed by atoms with Crippen molar-refractivity contribution in [2.45, 2.75) is 46.2 Å². The number of piperazine rings is 1. The molecule has 0 aliphatic carbocycles. The first-order valence-corrected chi connectivity index (χ1v) is 6.97. The molecule has 0 radical (unpaired) electrons. The average molecular weight is 246 g/mol. The molecular weight excluding hydrogens is 220 g/mol. The lowest BCUT2D eigenvalue weighted by Gasteiger charge is -2.47. The van der Waals surface area contributed by atoms with Crippen LogP contribution < -0.4 is 10.2 Å². The summed E-state index contributed by atoms with van der Waals surface area (Å²) in [5, 5.41) is 3.66. The van der Waals surface area contributed by atoms with Crippen molar-refractivity contribution >= 4 is 5.69 Å². The quantitative estimate of drug-likeness (QED) is 0.862. The molecule has 0 amide bonds. The second-order valence-electron chi connectivity index (χ2n) is 6.54. The largest absolute Gasteiger partial charge is 0.365 e. The summed E-state index contributed by atoms with van der Waals surface area (Å²) in [7, 11) is 0. The van der Waals surface area contributed by atoms with Gasteiger partial charge in [-0.2, -0.15) is 0 Å². The van der Waals surface area contributed by atoms with Gasteiger partial charge < -0.3 is 10.2 Å². The molecule has 1 fully saturated rings. The Labute approximate surface area is 111 Å². The lowest BCUT2D eigenvalue weighted by molar-refractivity contribution is 0.277. The number of hydrogen-bond acceptors (Lipinski definition) is 2. The van der Waals surface area contributed by atoms with E-state index in [0.29, 0.717) is 12.0 Å². The number of aryl methyl sites for hydroxylation is 1. The highest BCUT2D eigenvalue weighted by Gasteiger charge is 2.33. The summed E-state index contributed by atoms with van der Waals surface area (Å²) in [4.78, 5) is 2.58. The van der Waals surface area contributed by atoms with Crippen LogP contribution in [-0.2, 0) is 0 Å². The summed E-state index contributed by atoms with van der Waals surface area (Å²) in [5.41, 5.74) is 2.89. The Bertz CT molecular complexity index is 409. The molecule has 1 N–H and O–H groups in total. The third-order valence-corrected chi connectivity index (χ3v) is 3.86. The summed E-state index contributed by atoms with van der Waals surface area (Å²) in [6.45, 7) is 13.5. The SMILES string of the molecule is Cc1cccc(N2CC(C)(C)NCC2C(C)C)c1. The molecule has 18 heavy (non-hydrogen) atoms. The lowest BCUT2D eigenvalue weighted by atomic mass is 9.92. The van der Waals surface area contributed by atoms with Gasteiger partial charge in [0.2, 0.25) is 0 Å². The smallest absolute Gasteiger partial charge is 0.0438 e. The molecule has 0 aromatic heterocycles. The molecule has 2 heteroatoms. The molecule has 2 rings (SSSR count). The molecule has 1 heterocycles. The van der Waals surface area contributed by atoms with Crippen molar-refractivity contribution in [1.82, 2.24) is 5.32 Å².